The monoisotopic (exact) mass is 191 g/mol. The van der Waals surface area contributed by atoms with Crippen molar-refractivity contribution in [2.75, 3.05) is 6.61 Å². The lowest BCUT2D eigenvalue weighted by atomic mass is 9.78. The van der Waals surface area contributed by atoms with Crippen molar-refractivity contribution in [2.24, 2.45) is 5.73 Å². The van der Waals surface area contributed by atoms with Crippen molar-refractivity contribution in [3.8, 4) is 0 Å². The number of nitrogens with two attached hydrogens (primary N) is 1. The number of rotatable bonds is 1. The van der Waals surface area contributed by atoms with Gasteiger partial charge in [0.25, 0.3) is 0 Å². The quantitative estimate of drug-likeness (QED) is 0.700. The molecule has 0 aliphatic heterocycles. The molecule has 3 N–H and O–H groups in total. The van der Waals surface area contributed by atoms with Crippen LogP contribution in [0.25, 0.3) is 0 Å². The molecule has 0 heterocycles. The Morgan fingerprint density at radius 1 is 1.50 bits per heavy atom. The molecular weight excluding hydrogens is 174 g/mol. The third-order valence-electron chi connectivity index (χ3n) is 3.24. The molecule has 1 aromatic rings. The van der Waals surface area contributed by atoms with Crippen molar-refractivity contribution in [3.05, 3.63) is 34.9 Å². The molecule has 0 saturated carbocycles. The first-order chi connectivity index (χ1) is 6.64. The van der Waals surface area contributed by atoms with Crippen LogP contribution in [-0.2, 0) is 12.8 Å². The molecule has 0 fully saturated rings. The zero-order valence-corrected chi connectivity index (χ0v) is 8.59. The van der Waals surface area contributed by atoms with Crippen LogP contribution in [0.1, 0.15) is 23.1 Å². The van der Waals surface area contributed by atoms with Crippen LogP contribution in [0.15, 0.2) is 18.2 Å². The van der Waals surface area contributed by atoms with Gasteiger partial charge in [-0.3, -0.25) is 0 Å². The maximum atomic E-state index is 9.22. The van der Waals surface area contributed by atoms with E-state index in [0.29, 0.717) is 0 Å². The standard InChI is InChI=1S/C12H17NO/c1-9-3-2-4-10-7-12(13,8-14)6-5-11(9)10/h2-4,14H,5-8,13H2,1H3. The minimum atomic E-state index is -0.388. The van der Waals surface area contributed by atoms with Crippen molar-refractivity contribution in [1.29, 1.82) is 0 Å². The average molecular weight is 191 g/mol. The Balaban J connectivity index is 2.36. The number of benzene rings is 1. The number of fused-ring (bicyclic) bond motifs is 1. The van der Waals surface area contributed by atoms with Crippen molar-refractivity contribution < 1.29 is 5.11 Å². The Kier molecular flexibility index (Phi) is 2.33. The fourth-order valence-corrected chi connectivity index (χ4v) is 2.26. The summed E-state index contributed by atoms with van der Waals surface area (Å²) in [4.78, 5) is 0. The first-order valence-corrected chi connectivity index (χ1v) is 5.12. The molecule has 0 spiro atoms. The molecule has 1 unspecified atom stereocenters. The molecule has 0 radical (unpaired) electrons. The lowest BCUT2D eigenvalue weighted by molar-refractivity contribution is 0.181. The van der Waals surface area contributed by atoms with E-state index in [1.807, 2.05) is 0 Å². The maximum Gasteiger partial charge on any atom is 0.0614 e. The molecule has 0 aromatic heterocycles. The second-order valence-corrected chi connectivity index (χ2v) is 4.41. The molecule has 1 atom stereocenters. The summed E-state index contributed by atoms with van der Waals surface area (Å²) in [6.45, 7) is 2.22. The Morgan fingerprint density at radius 2 is 2.29 bits per heavy atom. The van der Waals surface area contributed by atoms with E-state index in [1.54, 1.807) is 0 Å². The zero-order chi connectivity index (χ0) is 10.2. The molecule has 0 amide bonds. The SMILES string of the molecule is Cc1cccc2c1CCC(N)(CO)C2. The Bertz CT molecular complexity index is 348. The van der Waals surface area contributed by atoms with E-state index in [4.69, 9.17) is 5.73 Å². The molecule has 2 nitrogen and oxygen atoms in total. The summed E-state index contributed by atoms with van der Waals surface area (Å²) in [5.41, 5.74) is 9.78. The van der Waals surface area contributed by atoms with Crippen LogP contribution in [0.5, 0.6) is 0 Å². The van der Waals surface area contributed by atoms with Gasteiger partial charge in [0.05, 0.1) is 6.61 Å². The molecule has 0 saturated heterocycles. The highest BCUT2D eigenvalue weighted by molar-refractivity contribution is 5.38. The van der Waals surface area contributed by atoms with Gasteiger partial charge in [0, 0.05) is 5.54 Å². The van der Waals surface area contributed by atoms with Gasteiger partial charge in [-0.2, -0.15) is 0 Å². The number of hydrogen-bond acceptors (Lipinski definition) is 2. The molecule has 1 aromatic carbocycles. The zero-order valence-electron chi connectivity index (χ0n) is 8.59. The summed E-state index contributed by atoms with van der Waals surface area (Å²) in [5, 5.41) is 9.22. The van der Waals surface area contributed by atoms with Gasteiger partial charge >= 0.3 is 0 Å². The van der Waals surface area contributed by atoms with Crippen molar-refractivity contribution in [3.63, 3.8) is 0 Å². The highest BCUT2D eigenvalue weighted by atomic mass is 16.3. The van der Waals surface area contributed by atoms with Crippen LogP contribution < -0.4 is 5.73 Å². The Hall–Kier alpha value is -0.860. The number of aliphatic hydroxyl groups excluding tert-OH is 1. The maximum absolute atomic E-state index is 9.22. The molecule has 14 heavy (non-hydrogen) atoms. The fraction of sp³-hybridized carbons (Fsp3) is 0.500. The molecule has 2 heteroatoms. The van der Waals surface area contributed by atoms with Gasteiger partial charge in [0.1, 0.15) is 0 Å². The largest absolute Gasteiger partial charge is 0.394 e. The van der Waals surface area contributed by atoms with Crippen molar-refractivity contribution >= 4 is 0 Å². The van der Waals surface area contributed by atoms with Crippen LogP contribution in [0.3, 0.4) is 0 Å². The summed E-state index contributed by atoms with van der Waals surface area (Å²) in [6.07, 6.45) is 2.70. The fourth-order valence-electron chi connectivity index (χ4n) is 2.26. The molecular formula is C12H17NO. The first kappa shape index (κ1) is 9.69. The van der Waals surface area contributed by atoms with Crippen LogP contribution in [0, 0.1) is 6.92 Å². The summed E-state index contributed by atoms with van der Waals surface area (Å²) in [6, 6.07) is 6.33. The minimum absolute atomic E-state index is 0.0837. The summed E-state index contributed by atoms with van der Waals surface area (Å²) in [7, 11) is 0. The average Bonchev–Trinajstić information content (AvgIpc) is 2.18. The Morgan fingerprint density at radius 3 is 3.00 bits per heavy atom. The van der Waals surface area contributed by atoms with Gasteiger partial charge in [-0.1, -0.05) is 18.2 Å². The number of aryl methyl sites for hydroxylation is 1. The van der Waals surface area contributed by atoms with E-state index in [0.717, 1.165) is 19.3 Å². The van der Waals surface area contributed by atoms with Crippen molar-refractivity contribution in [2.45, 2.75) is 31.7 Å². The second kappa shape index (κ2) is 3.37. The van der Waals surface area contributed by atoms with Gasteiger partial charge in [-0.15, -0.1) is 0 Å². The van der Waals surface area contributed by atoms with E-state index in [1.165, 1.54) is 16.7 Å². The summed E-state index contributed by atoms with van der Waals surface area (Å²) >= 11 is 0. The predicted molar refractivity (Wildman–Crippen MR) is 57.2 cm³/mol. The van der Waals surface area contributed by atoms with Crippen LogP contribution in [-0.4, -0.2) is 17.3 Å². The Labute approximate surface area is 84.7 Å². The van der Waals surface area contributed by atoms with Gasteiger partial charge < -0.3 is 10.8 Å². The van der Waals surface area contributed by atoms with E-state index in [-0.39, 0.29) is 12.1 Å². The van der Waals surface area contributed by atoms with E-state index in [9.17, 15) is 5.11 Å². The highest BCUT2D eigenvalue weighted by Gasteiger charge is 2.29. The lowest BCUT2D eigenvalue weighted by Crippen LogP contribution is -2.48. The smallest absolute Gasteiger partial charge is 0.0614 e. The minimum Gasteiger partial charge on any atom is -0.394 e. The molecule has 76 valence electrons. The van der Waals surface area contributed by atoms with Gasteiger partial charge in [-0.05, 0) is 42.9 Å². The van der Waals surface area contributed by atoms with Gasteiger partial charge in [0.2, 0.25) is 0 Å². The number of aliphatic hydroxyl groups is 1. The molecule has 1 aliphatic rings. The third-order valence-corrected chi connectivity index (χ3v) is 3.24. The van der Waals surface area contributed by atoms with Crippen LogP contribution in [0.4, 0.5) is 0 Å². The van der Waals surface area contributed by atoms with E-state index < -0.39 is 0 Å². The summed E-state index contributed by atoms with van der Waals surface area (Å²) in [5.74, 6) is 0. The normalized spacial score (nSPS) is 25.9. The van der Waals surface area contributed by atoms with Gasteiger partial charge in [-0.25, -0.2) is 0 Å². The molecule has 1 aliphatic carbocycles. The lowest BCUT2D eigenvalue weighted by Gasteiger charge is -2.33. The predicted octanol–water partition coefficient (Wildman–Crippen LogP) is 1.17. The van der Waals surface area contributed by atoms with Crippen LogP contribution >= 0.6 is 0 Å². The van der Waals surface area contributed by atoms with Gasteiger partial charge in [0.15, 0.2) is 0 Å². The highest BCUT2D eigenvalue weighted by Crippen LogP contribution is 2.28. The first-order valence-electron chi connectivity index (χ1n) is 5.12. The third kappa shape index (κ3) is 1.56. The number of hydrogen-bond donors (Lipinski definition) is 2. The van der Waals surface area contributed by atoms with E-state index in [2.05, 4.69) is 25.1 Å². The molecule has 0 bridgehead atoms. The molecule has 2 rings (SSSR count). The van der Waals surface area contributed by atoms with E-state index >= 15 is 0 Å². The van der Waals surface area contributed by atoms with Crippen molar-refractivity contribution in [1.82, 2.24) is 0 Å². The second-order valence-electron chi connectivity index (χ2n) is 4.41. The van der Waals surface area contributed by atoms with Crippen LogP contribution in [0.2, 0.25) is 0 Å². The topological polar surface area (TPSA) is 46.2 Å². The summed E-state index contributed by atoms with van der Waals surface area (Å²) < 4.78 is 0.